The Bertz CT molecular complexity index is 702. The highest BCUT2D eigenvalue weighted by molar-refractivity contribution is 6.32. The van der Waals surface area contributed by atoms with Gasteiger partial charge in [0, 0.05) is 10.7 Å². The quantitative estimate of drug-likeness (QED) is 0.688. The summed E-state index contributed by atoms with van der Waals surface area (Å²) in [5, 5.41) is 3.63. The van der Waals surface area contributed by atoms with E-state index in [0.717, 1.165) is 28.3 Å². The molecule has 134 valence electrons. The van der Waals surface area contributed by atoms with Crippen LogP contribution in [0.2, 0.25) is 5.02 Å². The van der Waals surface area contributed by atoms with Gasteiger partial charge in [0.15, 0.2) is 6.10 Å². The van der Waals surface area contributed by atoms with Crippen molar-refractivity contribution in [2.75, 3.05) is 5.32 Å². The van der Waals surface area contributed by atoms with E-state index in [4.69, 9.17) is 16.3 Å². The Morgan fingerprint density at radius 1 is 1.16 bits per heavy atom. The van der Waals surface area contributed by atoms with Gasteiger partial charge in [-0.3, -0.25) is 4.79 Å². The van der Waals surface area contributed by atoms with E-state index in [1.807, 2.05) is 38.1 Å². The van der Waals surface area contributed by atoms with E-state index in [0.29, 0.717) is 5.75 Å². The summed E-state index contributed by atoms with van der Waals surface area (Å²) in [5.74, 6) is 0.475. The Morgan fingerprint density at radius 3 is 2.32 bits per heavy atom. The number of benzene rings is 2. The van der Waals surface area contributed by atoms with Crippen LogP contribution in [0.5, 0.6) is 5.75 Å². The van der Waals surface area contributed by atoms with Crippen LogP contribution in [-0.4, -0.2) is 12.0 Å². The average molecular weight is 360 g/mol. The van der Waals surface area contributed by atoms with Gasteiger partial charge in [0.05, 0.1) is 0 Å². The Balaban J connectivity index is 1.96. The van der Waals surface area contributed by atoms with Crippen molar-refractivity contribution in [1.82, 2.24) is 0 Å². The zero-order chi connectivity index (χ0) is 18.4. The number of rotatable bonds is 7. The molecule has 0 unspecified atom stereocenters. The van der Waals surface area contributed by atoms with Crippen molar-refractivity contribution in [2.24, 2.45) is 0 Å². The van der Waals surface area contributed by atoms with Crippen LogP contribution in [0.4, 0.5) is 5.69 Å². The molecule has 0 saturated carbocycles. The molecule has 0 saturated heterocycles. The Kier molecular flexibility index (Phi) is 6.89. The lowest BCUT2D eigenvalue weighted by atomic mass is 10.1. The molecule has 0 fully saturated rings. The minimum Gasteiger partial charge on any atom is -0.481 e. The molecule has 2 aromatic rings. The van der Waals surface area contributed by atoms with Crippen LogP contribution in [0.25, 0.3) is 0 Å². The number of carbonyl (C=O) groups excluding carboxylic acids is 1. The second-order valence-corrected chi connectivity index (χ2v) is 6.80. The number of aryl methyl sites for hydroxylation is 3. The molecule has 25 heavy (non-hydrogen) atoms. The van der Waals surface area contributed by atoms with Crippen LogP contribution in [0, 0.1) is 13.8 Å². The maximum Gasteiger partial charge on any atom is 0.265 e. The molecule has 2 aromatic carbocycles. The summed E-state index contributed by atoms with van der Waals surface area (Å²) in [6.07, 6.45) is 2.83. The van der Waals surface area contributed by atoms with Crippen molar-refractivity contribution in [3.63, 3.8) is 0 Å². The minimum atomic E-state index is -0.597. The number of nitrogens with one attached hydrogen (secondary N) is 1. The normalized spacial score (nSPS) is 11.9. The highest BCUT2D eigenvalue weighted by Crippen LogP contribution is 2.26. The Morgan fingerprint density at radius 2 is 1.76 bits per heavy atom. The largest absolute Gasteiger partial charge is 0.481 e. The van der Waals surface area contributed by atoms with Crippen molar-refractivity contribution in [3.05, 3.63) is 58.1 Å². The van der Waals surface area contributed by atoms with Gasteiger partial charge in [0.2, 0.25) is 0 Å². The first kappa shape index (κ1) is 19.3. The van der Waals surface area contributed by atoms with Crippen molar-refractivity contribution >= 4 is 23.2 Å². The van der Waals surface area contributed by atoms with Crippen LogP contribution >= 0.6 is 11.6 Å². The van der Waals surface area contributed by atoms with Crippen molar-refractivity contribution in [3.8, 4) is 5.75 Å². The predicted molar refractivity (Wildman–Crippen MR) is 105 cm³/mol. The second kappa shape index (κ2) is 8.91. The molecule has 1 amide bonds. The fourth-order valence-electron chi connectivity index (χ4n) is 2.61. The number of anilines is 1. The first-order valence-electron chi connectivity index (χ1n) is 8.74. The molecule has 0 spiro atoms. The topological polar surface area (TPSA) is 38.3 Å². The van der Waals surface area contributed by atoms with Crippen molar-refractivity contribution in [1.29, 1.82) is 0 Å². The summed E-state index contributed by atoms with van der Waals surface area (Å²) >= 11 is 6.17. The van der Waals surface area contributed by atoms with Gasteiger partial charge in [0.1, 0.15) is 5.75 Å². The molecule has 0 heterocycles. The first-order valence-corrected chi connectivity index (χ1v) is 9.11. The zero-order valence-electron chi connectivity index (χ0n) is 15.4. The van der Waals surface area contributed by atoms with Gasteiger partial charge < -0.3 is 10.1 Å². The highest BCUT2D eigenvalue weighted by Gasteiger charge is 2.16. The lowest BCUT2D eigenvalue weighted by Gasteiger charge is -2.16. The van der Waals surface area contributed by atoms with Gasteiger partial charge in [0.25, 0.3) is 5.91 Å². The van der Waals surface area contributed by atoms with E-state index in [1.165, 1.54) is 18.4 Å². The number of hydrogen-bond donors (Lipinski definition) is 1. The summed E-state index contributed by atoms with van der Waals surface area (Å²) in [4.78, 5) is 12.3. The number of hydrogen-bond acceptors (Lipinski definition) is 2. The van der Waals surface area contributed by atoms with E-state index in [2.05, 4.69) is 24.4 Å². The van der Waals surface area contributed by atoms with Crippen LogP contribution in [0.3, 0.4) is 0 Å². The standard InChI is InChI=1S/C21H26ClNO2/c1-5-6-7-17-8-10-18(11-9-17)23-21(24)16(4)25-19-12-14(2)20(22)15(3)13-19/h8-13,16H,5-7H2,1-4H3,(H,23,24)/t16-/m1/s1. The summed E-state index contributed by atoms with van der Waals surface area (Å²) < 4.78 is 5.77. The average Bonchev–Trinajstić information content (AvgIpc) is 2.59. The molecule has 0 aliphatic carbocycles. The molecular weight excluding hydrogens is 334 g/mol. The fourth-order valence-corrected chi connectivity index (χ4v) is 2.72. The van der Waals surface area contributed by atoms with Crippen LogP contribution in [-0.2, 0) is 11.2 Å². The summed E-state index contributed by atoms with van der Waals surface area (Å²) in [7, 11) is 0. The SMILES string of the molecule is CCCCc1ccc(NC(=O)[C@@H](C)Oc2cc(C)c(Cl)c(C)c2)cc1. The predicted octanol–water partition coefficient (Wildman–Crippen LogP) is 5.71. The lowest BCUT2D eigenvalue weighted by molar-refractivity contribution is -0.122. The Labute approximate surface area is 155 Å². The number of carbonyl (C=O) groups is 1. The van der Waals surface area contributed by atoms with Gasteiger partial charge in [-0.15, -0.1) is 0 Å². The lowest BCUT2D eigenvalue weighted by Crippen LogP contribution is -2.30. The van der Waals surface area contributed by atoms with Crippen molar-refractivity contribution < 1.29 is 9.53 Å². The monoisotopic (exact) mass is 359 g/mol. The number of unbranched alkanes of at least 4 members (excludes halogenated alkanes) is 1. The molecule has 0 radical (unpaired) electrons. The Hall–Kier alpha value is -2.00. The van der Waals surface area contributed by atoms with E-state index in [-0.39, 0.29) is 5.91 Å². The fraction of sp³-hybridized carbons (Fsp3) is 0.381. The van der Waals surface area contributed by atoms with Crippen LogP contribution < -0.4 is 10.1 Å². The molecule has 0 aromatic heterocycles. The van der Waals surface area contributed by atoms with E-state index in [1.54, 1.807) is 6.92 Å². The number of ether oxygens (including phenoxy) is 1. The van der Waals surface area contributed by atoms with E-state index < -0.39 is 6.10 Å². The maximum absolute atomic E-state index is 12.3. The van der Waals surface area contributed by atoms with E-state index in [9.17, 15) is 4.79 Å². The third kappa shape index (κ3) is 5.50. The molecule has 0 bridgehead atoms. The van der Waals surface area contributed by atoms with Crippen LogP contribution in [0.15, 0.2) is 36.4 Å². The van der Waals surface area contributed by atoms with Gasteiger partial charge in [-0.2, -0.15) is 0 Å². The smallest absolute Gasteiger partial charge is 0.265 e. The molecule has 1 atom stereocenters. The molecule has 4 heteroatoms. The van der Waals surface area contributed by atoms with Crippen LogP contribution in [0.1, 0.15) is 43.4 Å². The van der Waals surface area contributed by atoms with Gasteiger partial charge in [-0.1, -0.05) is 37.1 Å². The van der Waals surface area contributed by atoms with Gasteiger partial charge >= 0.3 is 0 Å². The summed E-state index contributed by atoms with van der Waals surface area (Å²) in [6.45, 7) is 7.77. The van der Waals surface area contributed by atoms with Gasteiger partial charge in [-0.05, 0) is 74.6 Å². The third-order valence-electron chi connectivity index (χ3n) is 4.13. The number of amides is 1. The molecule has 1 N–H and O–H groups in total. The first-order chi connectivity index (χ1) is 11.9. The molecule has 3 nitrogen and oxygen atoms in total. The summed E-state index contributed by atoms with van der Waals surface area (Å²) in [5.41, 5.74) is 3.94. The van der Waals surface area contributed by atoms with Gasteiger partial charge in [-0.25, -0.2) is 0 Å². The molecular formula is C21H26ClNO2. The van der Waals surface area contributed by atoms with Crippen molar-refractivity contribution in [2.45, 2.75) is 53.1 Å². The zero-order valence-corrected chi connectivity index (χ0v) is 16.1. The second-order valence-electron chi connectivity index (χ2n) is 6.42. The minimum absolute atomic E-state index is 0.174. The number of halogens is 1. The maximum atomic E-state index is 12.3. The van der Waals surface area contributed by atoms with E-state index >= 15 is 0 Å². The third-order valence-corrected chi connectivity index (χ3v) is 4.73. The molecule has 0 aliphatic rings. The highest BCUT2D eigenvalue weighted by atomic mass is 35.5. The molecule has 2 rings (SSSR count). The molecule has 0 aliphatic heterocycles. The summed E-state index contributed by atoms with van der Waals surface area (Å²) in [6, 6.07) is 11.7.